The van der Waals surface area contributed by atoms with Crippen LogP contribution in [-0.2, 0) is 6.42 Å². The van der Waals surface area contributed by atoms with Crippen LogP contribution < -0.4 is 9.80 Å². The van der Waals surface area contributed by atoms with E-state index in [1.54, 1.807) is 22.7 Å². The van der Waals surface area contributed by atoms with Gasteiger partial charge < -0.3 is 9.80 Å². The van der Waals surface area contributed by atoms with Crippen molar-refractivity contribution in [2.75, 3.05) is 36.0 Å². The minimum Gasteiger partial charge on any atom is -0.352 e. The van der Waals surface area contributed by atoms with Crippen molar-refractivity contribution >= 4 is 43.8 Å². The number of hydrogen-bond acceptors (Lipinski definition) is 7. The lowest BCUT2D eigenvalue weighted by Gasteiger charge is -2.35. The van der Waals surface area contributed by atoms with Crippen LogP contribution in [0.2, 0.25) is 0 Å². The predicted molar refractivity (Wildman–Crippen MR) is 103 cm³/mol. The zero-order valence-corrected chi connectivity index (χ0v) is 15.9. The fourth-order valence-electron chi connectivity index (χ4n) is 2.98. The van der Waals surface area contributed by atoms with Gasteiger partial charge in [0, 0.05) is 37.5 Å². The van der Waals surface area contributed by atoms with Crippen molar-refractivity contribution in [3.63, 3.8) is 0 Å². The summed E-state index contributed by atoms with van der Waals surface area (Å²) in [5.74, 6) is 2.04. The van der Waals surface area contributed by atoms with E-state index < -0.39 is 0 Å². The Morgan fingerprint density at radius 2 is 1.79 bits per heavy atom. The van der Waals surface area contributed by atoms with Gasteiger partial charge in [-0.2, -0.15) is 0 Å². The Hall–Kier alpha value is -1.73. The third-order valence-electron chi connectivity index (χ3n) is 4.53. The first-order valence-electron chi connectivity index (χ1n) is 8.33. The second-order valence-corrected chi connectivity index (χ2v) is 8.14. The van der Waals surface area contributed by atoms with E-state index in [0.29, 0.717) is 0 Å². The van der Waals surface area contributed by atoms with Crippen molar-refractivity contribution in [1.29, 1.82) is 0 Å². The van der Waals surface area contributed by atoms with Gasteiger partial charge >= 0.3 is 0 Å². The molecule has 0 aliphatic carbocycles. The number of hydrogen-bond donors (Lipinski definition) is 0. The molecule has 4 heterocycles. The highest BCUT2D eigenvalue weighted by Gasteiger charge is 2.23. The lowest BCUT2D eigenvalue weighted by molar-refractivity contribution is 0.645. The van der Waals surface area contributed by atoms with E-state index >= 15 is 0 Å². The molecule has 0 unspecified atom stereocenters. The molecule has 0 aromatic carbocycles. The summed E-state index contributed by atoms with van der Waals surface area (Å²) >= 11 is 3.50. The summed E-state index contributed by atoms with van der Waals surface area (Å²) in [4.78, 5) is 21.4. The van der Waals surface area contributed by atoms with Crippen LogP contribution in [-0.4, -0.2) is 41.1 Å². The minimum atomic E-state index is 0.873. The number of aromatic nitrogens is 3. The number of nitrogens with zero attached hydrogens (tertiary/aromatic N) is 5. The van der Waals surface area contributed by atoms with E-state index in [9.17, 15) is 0 Å². The third-order valence-corrected chi connectivity index (χ3v) is 6.47. The van der Waals surface area contributed by atoms with E-state index in [0.717, 1.165) is 59.9 Å². The summed E-state index contributed by atoms with van der Waals surface area (Å²) < 4.78 is 0. The average Bonchev–Trinajstić information content (AvgIpc) is 3.21. The molecule has 126 valence electrons. The molecule has 0 N–H and O–H groups in total. The van der Waals surface area contributed by atoms with Crippen LogP contribution in [0.15, 0.2) is 11.4 Å². The summed E-state index contributed by atoms with van der Waals surface area (Å²) in [5, 5.41) is 4.45. The Bertz CT molecular complexity index is 842. The molecule has 1 aliphatic heterocycles. The molecule has 1 fully saturated rings. The fraction of sp³-hybridized carbons (Fsp3) is 0.471. The van der Waals surface area contributed by atoms with Gasteiger partial charge in [0.05, 0.1) is 11.1 Å². The van der Waals surface area contributed by atoms with Crippen molar-refractivity contribution in [3.8, 4) is 0 Å². The minimum absolute atomic E-state index is 0.873. The highest BCUT2D eigenvalue weighted by molar-refractivity contribution is 7.16. The standard InChI is InChI=1S/C17H21N5S2/c1-4-14-19-15(13-5-10-23-16(13)20-14)21-6-8-22(9-7-21)17-18-11(2)12(3)24-17/h5,10H,4,6-9H2,1-3H3. The number of thiazole rings is 1. The molecule has 0 amide bonds. The van der Waals surface area contributed by atoms with E-state index in [-0.39, 0.29) is 0 Å². The molecule has 1 aliphatic rings. The van der Waals surface area contributed by atoms with E-state index in [1.165, 1.54) is 10.3 Å². The summed E-state index contributed by atoms with van der Waals surface area (Å²) in [6.45, 7) is 10.3. The van der Waals surface area contributed by atoms with Crippen molar-refractivity contribution in [3.05, 3.63) is 27.8 Å². The number of rotatable bonds is 3. The Morgan fingerprint density at radius 3 is 2.46 bits per heavy atom. The molecule has 0 spiro atoms. The number of fused-ring (bicyclic) bond motifs is 1. The first kappa shape index (κ1) is 15.8. The predicted octanol–water partition coefficient (Wildman–Crippen LogP) is 3.65. The SMILES string of the molecule is CCc1nc(N2CCN(c3nc(C)c(C)s3)CC2)c2ccsc2n1. The Balaban J connectivity index is 1.56. The summed E-state index contributed by atoms with van der Waals surface area (Å²) in [6, 6.07) is 2.15. The number of piperazine rings is 1. The van der Waals surface area contributed by atoms with Crippen molar-refractivity contribution in [2.24, 2.45) is 0 Å². The number of thiophene rings is 1. The van der Waals surface area contributed by atoms with Crippen LogP contribution in [0.25, 0.3) is 10.2 Å². The molecule has 1 saturated heterocycles. The molecule has 0 atom stereocenters. The second kappa shape index (κ2) is 6.29. The van der Waals surface area contributed by atoms with Crippen LogP contribution in [0.5, 0.6) is 0 Å². The van der Waals surface area contributed by atoms with Gasteiger partial charge in [0.25, 0.3) is 0 Å². The van der Waals surface area contributed by atoms with Crippen molar-refractivity contribution in [1.82, 2.24) is 15.0 Å². The quantitative estimate of drug-likeness (QED) is 0.714. The van der Waals surface area contributed by atoms with Crippen LogP contribution in [0, 0.1) is 13.8 Å². The van der Waals surface area contributed by atoms with Crippen LogP contribution in [0.1, 0.15) is 23.3 Å². The van der Waals surface area contributed by atoms with E-state index in [2.05, 4.69) is 47.0 Å². The van der Waals surface area contributed by atoms with Crippen molar-refractivity contribution in [2.45, 2.75) is 27.2 Å². The normalized spacial score (nSPS) is 15.5. The van der Waals surface area contributed by atoms with Gasteiger partial charge in [-0.25, -0.2) is 15.0 Å². The molecule has 3 aromatic heterocycles. The van der Waals surface area contributed by atoms with Gasteiger partial charge in [-0.3, -0.25) is 0 Å². The van der Waals surface area contributed by atoms with Crippen LogP contribution in [0.4, 0.5) is 10.9 Å². The van der Waals surface area contributed by atoms with Gasteiger partial charge in [0.2, 0.25) is 0 Å². The first-order valence-corrected chi connectivity index (χ1v) is 10.0. The van der Waals surface area contributed by atoms with Gasteiger partial charge in [0.1, 0.15) is 16.5 Å². The van der Waals surface area contributed by atoms with Gasteiger partial charge in [-0.05, 0) is 25.3 Å². The average molecular weight is 360 g/mol. The molecule has 0 saturated carbocycles. The number of anilines is 2. The second-order valence-electron chi connectivity index (χ2n) is 6.07. The van der Waals surface area contributed by atoms with E-state index in [4.69, 9.17) is 9.97 Å². The topological polar surface area (TPSA) is 45.2 Å². The number of aryl methyl sites for hydroxylation is 3. The lowest BCUT2D eigenvalue weighted by atomic mass is 10.2. The molecule has 7 heteroatoms. The van der Waals surface area contributed by atoms with E-state index in [1.807, 2.05) is 0 Å². The summed E-state index contributed by atoms with van der Waals surface area (Å²) in [6.07, 6.45) is 0.873. The zero-order valence-electron chi connectivity index (χ0n) is 14.2. The van der Waals surface area contributed by atoms with Gasteiger partial charge in [0.15, 0.2) is 5.13 Å². The third kappa shape index (κ3) is 2.75. The molecule has 0 bridgehead atoms. The lowest BCUT2D eigenvalue weighted by Crippen LogP contribution is -2.47. The van der Waals surface area contributed by atoms with Crippen LogP contribution in [0.3, 0.4) is 0 Å². The highest BCUT2D eigenvalue weighted by atomic mass is 32.1. The molecule has 5 nitrogen and oxygen atoms in total. The maximum atomic E-state index is 4.82. The molecule has 3 aromatic rings. The van der Waals surface area contributed by atoms with Crippen molar-refractivity contribution < 1.29 is 0 Å². The zero-order chi connectivity index (χ0) is 16.7. The first-order chi connectivity index (χ1) is 11.7. The monoisotopic (exact) mass is 359 g/mol. The molecular weight excluding hydrogens is 338 g/mol. The maximum Gasteiger partial charge on any atom is 0.185 e. The van der Waals surface area contributed by atoms with Crippen LogP contribution >= 0.6 is 22.7 Å². The fourth-order valence-corrected chi connectivity index (χ4v) is 4.72. The van der Waals surface area contributed by atoms with Gasteiger partial charge in [-0.15, -0.1) is 22.7 Å². The molecule has 4 rings (SSSR count). The summed E-state index contributed by atoms with van der Waals surface area (Å²) in [5.41, 5.74) is 1.15. The maximum absolute atomic E-state index is 4.82. The Morgan fingerprint density at radius 1 is 1.04 bits per heavy atom. The Kier molecular flexibility index (Phi) is 4.14. The molecule has 24 heavy (non-hydrogen) atoms. The summed E-state index contributed by atoms with van der Waals surface area (Å²) in [7, 11) is 0. The largest absolute Gasteiger partial charge is 0.352 e. The Labute approximate surface area is 150 Å². The molecule has 0 radical (unpaired) electrons. The van der Waals surface area contributed by atoms with Gasteiger partial charge in [-0.1, -0.05) is 6.92 Å². The highest BCUT2D eigenvalue weighted by Crippen LogP contribution is 2.30. The molecular formula is C17H21N5S2. The smallest absolute Gasteiger partial charge is 0.185 e.